The molecule has 4 heteroatoms. The molecule has 0 aromatic heterocycles. The minimum Gasteiger partial charge on any atom is -0.398 e. The van der Waals surface area contributed by atoms with Gasteiger partial charge in [-0.25, -0.2) is 4.39 Å². The van der Waals surface area contributed by atoms with E-state index < -0.39 is 11.2 Å². The molecule has 2 aliphatic rings. The summed E-state index contributed by atoms with van der Waals surface area (Å²) in [5.41, 5.74) is 6.32. The van der Waals surface area contributed by atoms with Gasteiger partial charge in [-0.1, -0.05) is 0 Å². The van der Waals surface area contributed by atoms with Gasteiger partial charge in [0.1, 0.15) is 5.82 Å². The minimum atomic E-state index is -0.525. The van der Waals surface area contributed by atoms with Crippen molar-refractivity contribution in [3.05, 3.63) is 29.1 Å². The number of benzene rings is 1. The summed E-state index contributed by atoms with van der Waals surface area (Å²) in [6.07, 6.45) is 3.83. The SMILES string of the molecule is N#CC1(c2cc(N)c(C=N)c(F)c2)CC12CC2. The maximum atomic E-state index is 13.7. The summed E-state index contributed by atoms with van der Waals surface area (Å²) in [6, 6.07) is 5.35. The number of anilines is 1. The van der Waals surface area contributed by atoms with Crippen molar-refractivity contribution in [2.24, 2.45) is 5.41 Å². The van der Waals surface area contributed by atoms with E-state index in [-0.39, 0.29) is 16.7 Å². The fraction of sp³-hybridized carbons (Fsp3) is 0.385. The van der Waals surface area contributed by atoms with Crippen LogP contribution in [0.3, 0.4) is 0 Å². The molecule has 1 unspecified atom stereocenters. The van der Waals surface area contributed by atoms with Crippen LogP contribution in [0.2, 0.25) is 0 Å². The number of nitrogens with two attached hydrogens (primary N) is 1. The third-order valence-electron chi connectivity index (χ3n) is 4.23. The van der Waals surface area contributed by atoms with Crippen LogP contribution in [-0.4, -0.2) is 6.21 Å². The molecule has 1 aromatic carbocycles. The molecule has 1 spiro atoms. The molecule has 17 heavy (non-hydrogen) atoms. The van der Waals surface area contributed by atoms with Crippen molar-refractivity contribution >= 4 is 11.9 Å². The number of halogens is 1. The first-order chi connectivity index (χ1) is 8.08. The predicted octanol–water partition coefficient (Wildman–Crippen LogP) is 2.35. The zero-order valence-electron chi connectivity index (χ0n) is 9.26. The average molecular weight is 229 g/mol. The first kappa shape index (κ1) is 10.3. The zero-order chi connectivity index (χ0) is 12.3. The molecule has 0 aliphatic heterocycles. The highest BCUT2D eigenvalue weighted by atomic mass is 19.1. The van der Waals surface area contributed by atoms with E-state index in [2.05, 4.69) is 6.07 Å². The van der Waals surface area contributed by atoms with Gasteiger partial charge in [-0.3, -0.25) is 0 Å². The lowest BCUT2D eigenvalue weighted by Crippen LogP contribution is -2.10. The summed E-state index contributed by atoms with van der Waals surface area (Å²) < 4.78 is 13.7. The third kappa shape index (κ3) is 1.11. The first-order valence-corrected chi connectivity index (χ1v) is 5.60. The van der Waals surface area contributed by atoms with E-state index in [1.54, 1.807) is 6.07 Å². The molecule has 1 atom stereocenters. The van der Waals surface area contributed by atoms with Gasteiger partial charge in [-0.2, -0.15) is 5.26 Å². The van der Waals surface area contributed by atoms with E-state index in [0.717, 1.165) is 25.5 Å². The summed E-state index contributed by atoms with van der Waals surface area (Å²) in [5, 5.41) is 16.4. The maximum absolute atomic E-state index is 13.7. The monoisotopic (exact) mass is 229 g/mol. The topological polar surface area (TPSA) is 73.7 Å². The Morgan fingerprint density at radius 2 is 2.18 bits per heavy atom. The van der Waals surface area contributed by atoms with Crippen molar-refractivity contribution in [2.45, 2.75) is 24.7 Å². The summed E-state index contributed by atoms with van der Waals surface area (Å²) >= 11 is 0. The Balaban J connectivity index is 2.12. The van der Waals surface area contributed by atoms with Crippen LogP contribution in [0.15, 0.2) is 12.1 Å². The summed E-state index contributed by atoms with van der Waals surface area (Å²) in [4.78, 5) is 0. The average Bonchev–Trinajstić information content (AvgIpc) is 3.19. The molecule has 86 valence electrons. The molecular weight excluding hydrogens is 217 g/mol. The molecule has 0 radical (unpaired) electrons. The number of hydrogen-bond acceptors (Lipinski definition) is 3. The smallest absolute Gasteiger partial charge is 0.134 e. The van der Waals surface area contributed by atoms with E-state index >= 15 is 0 Å². The number of nitrogens with zero attached hydrogens (tertiary/aromatic N) is 1. The van der Waals surface area contributed by atoms with Gasteiger partial charge < -0.3 is 11.1 Å². The summed E-state index contributed by atoms with van der Waals surface area (Å²) in [5.74, 6) is -0.507. The Bertz CT molecular complexity index is 546. The van der Waals surface area contributed by atoms with Crippen LogP contribution in [-0.2, 0) is 5.41 Å². The lowest BCUT2D eigenvalue weighted by Gasteiger charge is -2.11. The number of hydrogen-bond donors (Lipinski definition) is 2. The second kappa shape index (κ2) is 2.86. The van der Waals surface area contributed by atoms with Crippen molar-refractivity contribution in [3.8, 4) is 6.07 Å². The van der Waals surface area contributed by atoms with Gasteiger partial charge >= 0.3 is 0 Å². The van der Waals surface area contributed by atoms with Crippen LogP contribution in [0.25, 0.3) is 0 Å². The van der Waals surface area contributed by atoms with Gasteiger partial charge in [0.2, 0.25) is 0 Å². The highest BCUT2D eigenvalue weighted by molar-refractivity contribution is 5.85. The largest absolute Gasteiger partial charge is 0.398 e. The zero-order valence-corrected chi connectivity index (χ0v) is 9.26. The first-order valence-electron chi connectivity index (χ1n) is 5.60. The van der Waals surface area contributed by atoms with Crippen molar-refractivity contribution in [1.82, 2.24) is 0 Å². The highest BCUT2D eigenvalue weighted by Crippen LogP contribution is 2.78. The Morgan fingerprint density at radius 1 is 1.47 bits per heavy atom. The number of nitrogens with one attached hydrogen (secondary N) is 1. The fourth-order valence-corrected chi connectivity index (χ4v) is 2.89. The quantitative estimate of drug-likeness (QED) is 0.603. The molecule has 0 bridgehead atoms. The standard InChI is InChI=1S/C13H12FN3/c14-10-3-8(4-11(17)9(10)5-15)13(7-16)6-12(13)1-2-12/h3-5,15H,1-2,6,17H2. The van der Waals surface area contributed by atoms with Crippen LogP contribution in [0.5, 0.6) is 0 Å². The Morgan fingerprint density at radius 3 is 2.59 bits per heavy atom. The Labute approximate surface area is 98.6 Å². The van der Waals surface area contributed by atoms with Crippen molar-refractivity contribution in [1.29, 1.82) is 10.7 Å². The summed E-state index contributed by atoms with van der Waals surface area (Å²) in [7, 11) is 0. The van der Waals surface area contributed by atoms with Gasteiger partial charge in [0.15, 0.2) is 0 Å². The van der Waals surface area contributed by atoms with Gasteiger partial charge in [0.05, 0.1) is 17.0 Å². The second-order valence-corrected chi connectivity index (χ2v) is 5.08. The molecule has 3 nitrogen and oxygen atoms in total. The molecule has 2 saturated carbocycles. The molecule has 0 heterocycles. The predicted molar refractivity (Wildman–Crippen MR) is 62.3 cm³/mol. The highest BCUT2D eigenvalue weighted by Gasteiger charge is 2.75. The minimum absolute atomic E-state index is 0.104. The van der Waals surface area contributed by atoms with Gasteiger partial charge in [-0.15, -0.1) is 0 Å². The van der Waals surface area contributed by atoms with Crippen LogP contribution >= 0.6 is 0 Å². The van der Waals surface area contributed by atoms with Crippen LogP contribution < -0.4 is 5.73 Å². The normalized spacial score (nSPS) is 27.5. The van der Waals surface area contributed by atoms with E-state index in [1.165, 1.54) is 6.07 Å². The molecule has 2 aliphatic carbocycles. The van der Waals surface area contributed by atoms with Crippen molar-refractivity contribution < 1.29 is 4.39 Å². The van der Waals surface area contributed by atoms with E-state index in [4.69, 9.17) is 11.1 Å². The molecule has 0 amide bonds. The van der Waals surface area contributed by atoms with Crippen LogP contribution in [0.1, 0.15) is 30.4 Å². The number of nitriles is 1. The molecule has 2 fully saturated rings. The lowest BCUT2D eigenvalue weighted by atomic mass is 9.92. The van der Waals surface area contributed by atoms with Gasteiger partial charge in [0, 0.05) is 11.9 Å². The van der Waals surface area contributed by atoms with Crippen LogP contribution in [0, 0.1) is 28.0 Å². The Kier molecular flexibility index (Phi) is 1.73. The number of nitrogen functional groups attached to an aromatic ring is 1. The van der Waals surface area contributed by atoms with Gasteiger partial charge in [-0.05, 0) is 42.4 Å². The van der Waals surface area contributed by atoms with Gasteiger partial charge in [0.25, 0.3) is 0 Å². The van der Waals surface area contributed by atoms with E-state index in [1.807, 2.05) is 0 Å². The maximum Gasteiger partial charge on any atom is 0.134 e. The van der Waals surface area contributed by atoms with Crippen molar-refractivity contribution in [3.63, 3.8) is 0 Å². The molecule has 3 rings (SSSR count). The number of rotatable bonds is 2. The van der Waals surface area contributed by atoms with Crippen LogP contribution in [0.4, 0.5) is 10.1 Å². The lowest BCUT2D eigenvalue weighted by molar-refractivity contribution is 0.619. The molecular formula is C13H12FN3. The fourth-order valence-electron chi connectivity index (χ4n) is 2.89. The molecule has 0 saturated heterocycles. The second-order valence-electron chi connectivity index (χ2n) is 5.08. The van der Waals surface area contributed by atoms with E-state index in [0.29, 0.717) is 5.56 Å². The Hall–Kier alpha value is -1.89. The summed E-state index contributed by atoms with van der Waals surface area (Å²) in [6.45, 7) is 0. The van der Waals surface area contributed by atoms with E-state index in [9.17, 15) is 9.65 Å². The molecule has 1 aromatic rings. The van der Waals surface area contributed by atoms with Crippen molar-refractivity contribution in [2.75, 3.05) is 5.73 Å². The third-order valence-corrected chi connectivity index (χ3v) is 4.23. The molecule has 3 N–H and O–H groups in total.